The molecule has 2 aromatic carbocycles. The first-order chi connectivity index (χ1) is 14.9. The molecule has 162 valence electrons. The van der Waals surface area contributed by atoms with Crippen molar-refractivity contribution in [1.29, 1.82) is 0 Å². The van der Waals surface area contributed by atoms with Crippen molar-refractivity contribution >= 4 is 11.6 Å². The average Bonchev–Trinajstić information content (AvgIpc) is 2.72. The second kappa shape index (κ2) is 10.7. The van der Waals surface area contributed by atoms with Gasteiger partial charge in [0, 0.05) is 30.5 Å². The first-order valence-corrected chi connectivity index (χ1v) is 10.7. The van der Waals surface area contributed by atoms with Gasteiger partial charge in [0.05, 0.1) is 17.4 Å². The van der Waals surface area contributed by atoms with Crippen LogP contribution in [0.5, 0.6) is 11.5 Å². The van der Waals surface area contributed by atoms with E-state index in [1.807, 2.05) is 81.4 Å². The first-order valence-electron chi connectivity index (χ1n) is 10.7. The number of rotatable bonds is 9. The van der Waals surface area contributed by atoms with Gasteiger partial charge in [-0.25, -0.2) is 0 Å². The normalized spacial score (nSPS) is 11.7. The molecule has 0 saturated carbocycles. The zero-order valence-electron chi connectivity index (χ0n) is 18.6. The number of aromatic nitrogens is 1. The molecule has 1 N–H and O–H groups in total. The third-order valence-electron chi connectivity index (χ3n) is 4.81. The zero-order chi connectivity index (χ0) is 22.2. The van der Waals surface area contributed by atoms with E-state index in [1.54, 1.807) is 0 Å². The van der Waals surface area contributed by atoms with Gasteiger partial charge in [-0.05, 0) is 69.2 Å². The van der Waals surface area contributed by atoms with Crippen molar-refractivity contribution in [2.75, 3.05) is 11.9 Å². The number of benzene rings is 2. The number of anilines is 1. The molecule has 5 nitrogen and oxygen atoms in total. The summed E-state index contributed by atoms with van der Waals surface area (Å²) in [5.41, 5.74) is 3.96. The van der Waals surface area contributed by atoms with Gasteiger partial charge in [0.1, 0.15) is 11.5 Å². The predicted molar refractivity (Wildman–Crippen MR) is 124 cm³/mol. The van der Waals surface area contributed by atoms with E-state index in [0.717, 1.165) is 36.5 Å². The number of nitrogens with one attached hydrogen (secondary N) is 1. The molecule has 5 heteroatoms. The predicted octanol–water partition coefficient (Wildman–Crippen LogP) is 6.10. The molecule has 0 bridgehead atoms. The topological polar surface area (TPSA) is 60.5 Å². The summed E-state index contributed by atoms with van der Waals surface area (Å²) in [6.45, 7) is 8.75. The average molecular weight is 419 g/mol. The minimum Gasteiger partial charge on any atom is -0.457 e. The summed E-state index contributed by atoms with van der Waals surface area (Å²) >= 11 is 0. The zero-order valence-corrected chi connectivity index (χ0v) is 18.6. The van der Waals surface area contributed by atoms with Crippen molar-refractivity contribution in [3.05, 3.63) is 83.2 Å². The van der Waals surface area contributed by atoms with Crippen LogP contribution in [-0.4, -0.2) is 23.6 Å². The quantitative estimate of drug-likeness (QED) is 0.456. The highest BCUT2D eigenvalue weighted by molar-refractivity contribution is 6.05. The summed E-state index contributed by atoms with van der Waals surface area (Å²) in [7, 11) is 0. The minimum atomic E-state index is -0.195. The largest absolute Gasteiger partial charge is 0.457 e. The fourth-order valence-electron chi connectivity index (χ4n) is 3.29. The maximum atomic E-state index is 12.8. The molecule has 0 aliphatic rings. The highest BCUT2D eigenvalue weighted by atomic mass is 16.5. The van der Waals surface area contributed by atoms with Crippen LogP contribution in [0.1, 0.15) is 47.6 Å². The SMILES string of the molecule is CCCOC(C)Cc1ccc(C(=O)Nc2cccc(Oc3cccc(C)c3)c2)c(C)n1. The minimum absolute atomic E-state index is 0.0997. The van der Waals surface area contributed by atoms with Crippen molar-refractivity contribution < 1.29 is 14.3 Å². The van der Waals surface area contributed by atoms with Crippen LogP contribution in [0, 0.1) is 13.8 Å². The number of hydrogen-bond donors (Lipinski definition) is 1. The van der Waals surface area contributed by atoms with Crippen molar-refractivity contribution in [3.8, 4) is 11.5 Å². The molecular weight excluding hydrogens is 388 g/mol. The molecule has 1 unspecified atom stereocenters. The molecule has 1 amide bonds. The Labute approximate surface area is 184 Å². The Morgan fingerprint density at radius 1 is 1.03 bits per heavy atom. The van der Waals surface area contributed by atoms with E-state index in [-0.39, 0.29) is 12.0 Å². The van der Waals surface area contributed by atoms with Gasteiger partial charge in [-0.1, -0.05) is 25.1 Å². The molecule has 0 radical (unpaired) electrons. The molecule has 1 aromatic heterocycles. The Hall–Kier alpha value is -3.18. The Kier molecular flexibility index (Phi) is 7.79. The van der Waals surface area contributed by atoms with Gasteiger partial charge >= 0.3 is 0 Å². The number of aryl methyl sites for hydroxylation is 2. The van der Waals surface area contributed by atoms with E-state index in [2.05, 4.69) is 17.2 Å². The van der Waals surface area contributed by atoms with E-state index < -0.39 is 0 Å². The Morgan fingerprint density at radius 3 is 2.48 bits per heavy atom. The number of pyridine rings is 1. The molecule has 3 rings (SSSR count). The summed E-state index contributed by atoms with van der Waals surface area (Å²) in [4.78, 5) is 17.4. The molecule has 1 atom stereocenters. The van der Waals surface area contributed by atoms with Crippen molar-refractivity contribution in [2.24, 2.45) is 0 Å². The Balaban J connectivity index is 1.66. The third-order valence-corrected chi connectivity index (χ3v) is 4.81. The van der Waals surface area contributed by atoms with Crippen LogP contribution < -0.4 is 10.1 Å². The van der Waals surface area contributed by atoms with Gasteiger partial charge in [-0.15, -0.1) is 0 Å². The Bertz CT molecular complexity index is 1030. The summed E-state index contributed by atoms with van der Waals surface area (Å²) in [5, 5.41) is 2.94. The number of ether oxygens (including phenoxy) is 2. The van der Waals surface area contributed by atoms with Gasteiger partial charge in [0.15, 0.2) is 0 Å². The number of nitrogens with zero attached hydrogens (tertiary/aromatic N) is 1. The lowest BCUT2D eigenvalue weighted by molar-refractivity contribution is 0.0663. The molecule has 3 aromatic rings. The summed E-state index contributed by atoms with van der Waals surface area (Å²) in [6, 6.07) is 18.9. The second-order valence-corrected chi connectivity index (χ2v) is 7.72. The summed E-state index contributed by atoms with van der Waals surface area (Å²) in [5.74, 6) is 1.23. The van der Waals surface area contributed by atoms with Crippen LogP contribution in [0.2, 0.25) is 0 Å². The van der Waals surface area contributed by atoms with Gasteiger partial charge in [0.2, 0.25) is 0 Å². The highest BCUT2D eigenvalue weighted by Crippen LogP contribution is 2.25. The molecule has 1 heterocycles. The molecular formula is C26H30N2O3. The summed E-state index contributed by atoms with van der Waals surface area (Å²) < 4.78 is 11.6. The molecule has 0 aliphatic heterocycles. The van der Waals surface area contributed by atoms with Crippen molar-refractivity contribution in [1.82, 2.24) is 4.98 Å². The molecule has 0 aliphatic carbocycles. The maximum absolute atomic E-state index is 12.8. The number of carbonyl (C=O) groups is 1. The van der Waals surface area contributed by atoms with E-state index in [1.165, 1.54) is 0 Å². The smallest absolute Gasteiger partial charge is 0.257 e. The van der Waals surface area contributed by atoms with Gasteiger partial charge in [0.25, 0.3) is 5.91 Å². The van der Waals surface area contributed by atoms with Gasteiger partial charge in [-0.3, -0.25) is 9.78 Å². The van der Waals surface area contributed by atoms with Crippen LogP contribution in [0.15, 0.2) is 60.7 Å². The molecule has 0 saturated heterocycles. The van der Waals surface area contributed by atoms with Crippen LogP contribution in [0.4, 0.5) is 5.69 Å². The van der Waals surface area contributed by atoms with Crippen LogP contribution >= 0.6 is 0 Å². The van der Waals surface area contributed by atoms with Gasteiger partial charge < -0.3 is 14.8 Å². The highest BCUT2D eigenvalue weighted by Gasteiger charge is 2.13. The monoisotopic (exact) mass is 418 g/mol. The summed E-state index contributed by atoms with van der Waals surface area (Å²) in [6.07, 6.45) is 1.82. The fourth-order valence-corrected chi connectivity index (χ4v) is 3.29. The van der Waals surface area contributed by atoms with E-state index >= 15 is 0 Å². The molecule has 0 fully saturated rings. The third kappa shape index (κ3) is 6.66. The number of carbonyl (C=O) groups excluding carboxylic acids is 1. The lowest BCUT2D eigenvalue weighted by Crippen LogP contribution is -2.16. The van der Waals surface area contributed by atoms with Crippen LogP contribution in [0.3, 0.4) is 0 Å². The fraction of sp³-hybridized carbons (Fsp3) is 0.308. The number of amides is 1. The lowest BCUT2D eigenvalue weighted by Gasteiger charge is -2.14. The maximum Gasteiger partial charge on any atom is 0.257 e. The van der Waals surface area contributed by atoms with Crippen molar-refractivity contribution in [3.63, 3.8) is 0 Å². The van der Waals surface area contributed by atoms with E-state index in [4.69, 9.17) is 9.47 Å². The van der Waals surface area contributed by atoms with Crippen LogP contribution in [-0.2, 0) is 11.2 Å². The van der Waals surface area contributed by atoms with E-state index in [9.17, 15) is 4.79 Å². The van der Waals surface area contributed by atoms with Crippen molar-refractivity contribution in [2.45, 2.75) is 46.6 Å². The lowest BCUT2D eigenvalue weighted by atomic mass is 10.1. The van der Waals surface area contributed by atoms with Crippen LogP contribution in [0.25, 0.3) is 0 Å². The van der Waals surface area contributed by atoms with E-state index in [0.29, 0.717) is 22.7 Å². The molecule has 31 heavy (non-hydrogen) atoms. The number of hydrogen-bond acceptors (Lipinski definition) is 4. The van der Waals surface area contributed by atoms with Gasteiger partial charge in [-0.2, -0.15) is 0 Å². The molecule has 0 spiro atoms. The second-order valence-electron chi connectivity index (χ2n) is 7.72. The standard InChI is InChI=1S/C26H30N2O3/c1-5-14-30-19(3)16-22-12-13-25(20(4)27-22)26(29)28-21-9-7-11-24(17-21)31-23-10-6-8-18(2)15-23/h6-13,15,17,19H,5,14,16H2,1-4H3,(H,28,29). The first kappa shape index (κ1) is 22.5. The Morgan fingerprint density at radius 2 is 1.77 bits per heavy atom.